The third kappa shape index (κ3) is 3.20. The molecule has 2 rings (SSSR count). The van der Waals surface area contributed by atoms with Crippen molar-refractivity contribution in [3.05, 3.63) is 24.3 Å². The number of primary sulfonamides is 1. The zero-order valence-electron chi connectivity index (χ0n) is 9.89. The van der Waals surface area contributed by atoms with Gasteiger partial charge in [-0.2, -0.15) is 0 Å². The van der Waals surface area contributed by atoms with Crippen LogP contribution in [0.5, 0.6) is 0 Å². The second-order valence-corrected chi connectivity index (χ2v) is 6.39. The Morgan fingerprint density at radius 3 is 2.35 bits per heavy atom. The van der Waals surface area contributed by atoms with Gasteiger partial charge in [0.15, 0.2) is 0 Å². The Morgan fingerprint density at radius 2 is 1.88 bits per heavy atom. The summed E-state index contributed by atoms with van der Waals surface area (Å²) in [5.41, 5.74) is 0.955. The van der Waals surface area contributed by atoms with Gasteiger partial charge in [-0.15, -0.1) is 0 Å². The molecule has 1 aromatic rings. The zero-order chi connectivity index (χ0) is 12.5. The number of rotatable bonds is 3. The molecule has 4 nitrogen and oxygen atoms in total. The molecule has 1 fully saturated rings. The fourth-order valence-corrected chi connectivity index (χ4v) is 2.83. The van der Waals surface area contributed by atoms with Crippen molar-refractivity contribution in [2.45, 2.75) is 37.1 Å². The van der Waals surface area contributed by atoms with Gasteiger partial charge in [0, 0.05) is 11.7 Å². The van der Waals surface area contributed by atoms with Gasteiger partial charge >= 0.3 is 0 Å². The molecule has 0 aromatic heterocycles. The van der Waals surface area contributed by atoms with Crippen LogP contribution in [-0.2, 0) is 10.0 Å². The fraction of sp³-hybridized carbons (Fsp3) is 0.500. The molecule has 0 amide bonds. The van der Waals surface area contributed by atoms with E-state index in [-0.39, 0.29) is 4.90 Å². The standard InChI is InChI=1S/C12H18N2O2S/c1-9-2-3-11(8-9)14-10-4-6-12(7-5-10)17(13,15)16/h4-7,9,11,14H,2-3,8H2,1H3,(H2,13,15,16). The fourth-order valence-electron chi connectivity index (χ4n) is 2.31. The summed E-state index contributed by atoms with van der Waals surface area (Å²) in [5, 5.41) is 8.45. The number of hydrogen-bond donors (Lipinski definition) is 2. The maximum Gasteiger partial charge on any atom is 0.238 e. The van der Waals surface area contributed by atoms with Crippen LogP contribution in [0.1, 0.15) is 26.2 Å². The summed E-state index contributed by atoms with van der Waals surface area (Å²) in [6.07, 6.45) is 3.61. The molecule has 0 heterocycles. The molecule has 0 spiro atoms. The van der Waals surface area contributed by atoms with E-state index in [1.807, 2.05) is 0 Å². The minimum atomic E-state index is -3.58. The molecule has 17 heavy (non-hydrogen) atoms. The SMILES string of the molecule is CC1CCC(Nc2ccc(S(N)(=O)=O)cc2)C1. The number of nitrogens with two attached hydrogens (primary N) is 1. The Hall–Kier alpha value is -1.07. The topological polar surface area (TPSA) is 72.2 Å². The molecule has 5 heteroatoms. The Balaban J connectivity index is 2.04. The van der Waals surface area contributed by atoms with Crippen LogP contribution >= 0.6 is 0 Å². The summed E-state index contributed by atoms with van der Waals surface area (Å²) in [6, 6.07) is 7.11. The molecule has 0 aliphatic heterocycles. The van der Waals surface area contributed by atoms with Crippen molar-refractivity contribution >= 4 is 15.7 Å². The molecule has 3 N–H and O–H groups in total. The summed E-state index contributed by atoms with van der Waals surface area (Å²) in [7, 11) is -3.58. The summed E-state index contributed by atoms with van der Waals surface area (Å²) in [4.78, 5) is 0.155. The van der Waals surface area contributed by atoms with Crippen LogP contribution in [0.4, 0.5) is 5.69 Å². The van der Waals surface area contributed by atoms with Crippen molar-refractivity contribution < 1.29 is 8.42 Å². The second kappa shape index (κ2) is 4.66. The molecule has 2 unspecified atom stereocenters. The second-order valence-electron chi connectivity index (χ2n) is 4.83. The Kier molecular flexibility index (Phi) is 3.40. The minimum Gasteiger partial charge on any atom is -0.382 e. The first-order chi connectivity index (χ1) is 7.95. The average Bonchev–Trinajstić information content (AvgIpc) is 2.63. The predicted octanol–water partition coefficient (Wildman–Crippen LogP) is 1.93. The van der Waals surface area contributed by atoms with Gasteiger partial charge in [0.25, 0.3) is 0 Å². The first kappa shape index (κ1) is 12.4. The molecule has 1 aliphatic rings. The molecular weight excluding hydrogens is 236 g/mol. The lowest BCUT2D eigenvalue weighted by molar-refractivity contribution is 0.598. The normalized spacial score (nSPS) is 24.8. The van der Waals surface area contributed by atoms with Crippen LogP contribution in [0.15, 0.2) is 29.2 Å². The number of nitrogens with one attached hydrogen (secondary N) is 1. The molecule has 94 valence electrons. The maximum absolute atomic E-state index is 11.1. The van der Waals surface area contributed by atoms with Crippen molar-refractivity contribution in [2.75, 3.05) is 5.32 Å². The summed E-state index contributed by atoms with van der Waals surface area (Å²) in [5.74, 6) is 0.774. The van der Waals surface area contributed by atoms with Gasteiger partial charge in [0.2, 0.25) is 10.0 Å². The van der Waals surface area contributed by atoms with Gasteiger partial charge in [0.05, 0.1) is 4.90 Å². The van der Waals surface area contributed by atoms with E-state index in [1.54, 1.807) is 12.1 Å². The maximum atomic E-state index is 11.1. The summed E-state index contributed by atoms with van der Waals surface area (Å²) < 4.78 is 22.2. The zero-order valence-corrected chi connectivity index (χ0v) is 10.7. The van der Waals surface area contributed by atoms with Crippen LogP contribution in [0.2, 0.25) is 0 Å². The highest BCUT2D eigenvalue weighted by atomic mass is 32.2. The third-order valence-electron chi connectivity index (χ3n) is 3.25. The van der Waals surface area contributed by atoms with Gasteiger partial charge in [-0.3, -0.25) is 0 Å². The number of hydrogen-bond acceptors (Lipinski definition) is 3. The van der Waals surface area contributed by atoms with Crippen molar-refractivity contribution in [1.29, 1.82) is 0 Å². The first-order valence-corrected chi connectivity index (χ1v) is 7.39. The number of anilines is 1. The third-order valence-corrected chi connectivity index (χ3v) is 4.18. The number of sulfonamides is 1. The summed E-state index contributed by atoms with van der Waals surface area (Å²) >= 11 is 0. The predicted molar refractivity (Wildman–Crippen MR) is 68.2 cm³/mol. The van der Waals surface area contributed by atoms with E-state index in [4.69, 9.17) is 5.14 Å². The van der Waals surface area contributed by atoms with Gasteiger partial charge in [-0.1, -0.05) is 6.92 Å². The lowest BCUT2D eigenvalue weighted by Crippen LogP contribution is -2.16. The highest BCUT2D eigenvalue weighted by molar-refractivity contribution is 7.89. The van der Waals surface area contributed by atoms with Crippen LogP contribution < -0.4 is 10.5 Å². The number of benzene rings is 1. The van der Waals surface area contributed by atoms with Crippen molar-refractivity contribution in [3.63, 3.8) is 0 Å². The molecule has 0 saturated heterocycles. The Labute approximate surface area is 102 Å². The van der Waals surface area contributed by atoms with Crippen LogP contribution in [-0.4, -0.2) is 14.5 Å². The average molecular weight is 254 g/mol. The van der Waals surface area contributed by atoms with Gasteiger partial charge in [-0.25, -0.2) is 13.6 Å². The van der Waals surface area contributed by atoms with E-state index >= 15 is 0 Å². The van der Waals surface area contributed by atoms with E-state index in [2.05, 4.69) is 12.2 Å². The Morgan fingerprint density at radius 1 is 1.24 bits per heavy atom. The van der Waals surface area contributed by atoms with E-state index in [1.165, 1.54) is 31.4 Å². The van der Waals surface area contributed by atoms with Crippen LogP contribution in [0.25, 0.3) is 0 Å². The van der Waals surface area contributed by atoms with Gasteiger partial charge < -0.3 is 5.32 Å². The van der Waals surface area contributed by atoms with Crippen molar-refractivity contribution in [2.24, 2.45) is 11.1 Å². The van der Waals surface area contributed by atoms with Crippen LogP contribution in [0, 0.1) is 5.92 Å². The van der Waals surface area contributed by atoms with Gasteiger partial charge in [0.1, 0.15) is 0 Å². The van der Waals surface area contributed by atoms with Crippen molar-refractivity contribution in [3.8, 4) is 0 Å². The Bertz CT molecular complexity index is 482. The summed E-state index contributed by atoms with van der Waals surface area (Å²) in [6.45, 7) is 2.26. The van der Waals surface area contributed by atoms with E-state index in [0.29, 0.717) is 6.04 Å². The molecule has 0 radical (unpaired) electrons. The molecular formula is C12H18N2O2S. The van der Waals surface area contributed by atoms with Crippen LogP contribution in [0.3, 0.4) is 0 Å². The highest BCUT2D eigenvalue weighted by Crippen LogP contribution is 2.27. The quantitative estimate of drug-likeness (QED) is 0.865. The monoisotopic (exact) mass is 254 g/mol. The first-order valence-electron chi connectivity index (χ1n) is 5.84. The molecule has 2 atom stereocenters. The minimum absolute atomic E-state index is 0.155. The molecule has 1 saturated carbocycles. The van der Waals surface area contributed by atoms with E-state index < -0.39 is 10.0 Å². The largest absolute Gasteiger partial charge is 0.382 e. The molecule has 1 aliphatic carbocycles. The molecule has 0 bridgehead atoms. The van der Waals surface area contributed by atoms with Gasteiger partial charge in [-0.05, 0) is 49.4 Å². The lowest BCUT2D eigenvalue weighted by atomic mass is 10.1. The van der Waals surface area contributed by atoms with E-state index in [9.17, 15) is 8.42 Å². The van der Waals surface area contributed by atoms with E-state index in [0.717, 1.165) is 11.6 Å². The lowest BCUT2D eigenvalue weighted by Gasteiger charge is -2.14. The molecule has 1 aromatic carbocycles. The highest BCUT2D eigenvalue weighted by Gasteiger charge is 2.20. The smallest absolute Gasteiger partial charge is 0.238 e. The van der Waals surface area contributed by atoms with Crippen molar-refractivity contribution in [1.82, 2.24) is 0 Å².